The molecule has 1 saturated heterocycles. The molecule has 4 heterocycles. The van der Waals surface area contributed by atoms with Gasteiger partial charge in [-0.05, 0) is 13.3 Å². The number of aromatic nitrogens is 5. The molecule has 2 aromatic rings. The summed E-state index contributed by atoms with van der Waals surface area (Å²) in [7, 11) is 0. The van der Waals surface area contributed by atoms with Gasteiger partial charge < -0.3 is 4.74 Å². The van der Waals surface area contributed by atoms with E-state index in [-0.39, 0.29) is 12.1 Å². The third-order valence-corrected chi connectivity index (χ3v) is 4.25. The Balaban J connectivity index is 1.49. The van der Waals surface area contributed by atoms with Gasteiger partial charge in [-0.3, -0.25) is 4.90 Å². The summed E-state index contributed by atoms with van der Waals surface area (Å²) >= 11 is 0. The fourth-order valence-electron chi connectivity index (χ4n) is 3.15. The Morgan fingerprint density at radius 2 is 2.14 bits per heavy atom. The molecule has 7 nitrogen and oxygen atoms in total. The lowest BCUT2D eigenvalue weighted by Gasteiger charge is -2.40. The standard InChI is InChI=1S/C14H18N6O/c1-10-15-4-11(5-16-10)7-19-3-2-14-13(8-19)20-12(9-21-14)6-17-18-20/h4-6,13-14H,2-3,7-9H2,1H3/t13-,14+/m1/s1. The van der Waals surface area contributed by atoms with E-state index in [4.69, 9.17) is 4.74 Å². The van der Waals surface area contributed by atoms with E-state index in [0.717, 1.165) is 43.1 Å². The topological polar surface area (TPSA) is 69.0 Å². The van der Waals surface area contributed by atoms with E-state index in [1.807, 2.05) is 24.0 Å². The van der Waals surface area contributed by atoms with Gasteiger partial charge in [0.2, 0.25) is 0 Å². The summed E-state index contributed by atoms with van der Waals surface area (Å²) in [4.78, 5) is 10.9. The van der Waals surface area contributed by atoms with E-state index in [1.165, 1.54) is 0 Å². The number of nitrogens with zero attached hydrogens (tertiary/aromatic N) is 6. The first-order valence-electron chi connectivity index (χ1n) is 7.30. The predicted octanol–water partition coefficient (Wildman–Crippen LogP) is 0.722. The van der Waals surface area contributed by atoms with Crippen LogP contribution in [0.25, 0.3) is 0 Å². The largest absolute Gasteiger partial charge is 0.370 e. The Bertz CT molecular complexity index is 625. The Morgan fingerprint density at radius 3 is 3.00 bits per heavy atom. The van der Waals surface area contributed by atoms with Crippen LogP contribution in [0.1, 0.15) is 29.5 Å². The van der Waals surface area contributed by atoms with Gasteiger partial charge in [0.1, 0.15) is 5.82 Å². The molecule has 2 aliphatic heterocycles. The van der Waals surface area contributed by atoms with E-state index in [0.29, 0.717) is 6.61 Å². The molecule has 2 aliphatic rings. The highest BCUT2D eigenvalue weighted by atomic mass is 16.5. The molecule has 0 radical (unpaired) electrons. The summed E-state index contributed by atoms with van der Waals surface area (Å²) in [5, 5.41) is 8.24. The van der Waals surface area contributed by atoms with Gasteiger partial charge in [-0.2, -0.15) is 0 Å². The maximum Gasteiger partial charge on any atom is 0.125 e. The summed E-state index contributed by atoms with van der Waals surface area (Å²) < 4.78 is 7.96. The third kappa shape index (κ3) is 2.43. The molecule has 2 atom stereocenters. The maximum atomic E-state index is 5.93. The first kappa shape index (κ1) is 12.8. The van der Waals surface area contributed by atoms with Crippen molar-refractivity contribution in [2.45, 2.75) is 38.6 Å². The van der Waals surface area contributed by atoms with Gasteiger partial charge in [0, 0.05) is 37.6 Å². The number of rotatable bonds is 2. The van der Waals surface area contributed by atoms with Crippen molar-refractivity contribution in [1.29, 1.82) is 0 Å². The average Bonchev–Trinajstić information content (AvgIpc) is 2.98. The zero-order valence-electron chi connectivity index (χ0n) is 12.0. The first-order chi connectivity index (χ1) is 10.3. The van der Waals surface area contributed by atoms with E-state index >= 15 is 0 Å². The summed E-state index contributed by atoms with van der Waals surface area (Å²) in [6.45, 7) is 5.35. The maximum absolute atomic E-state index is 5.93. The van der Waals surface area contributed by atoms with Crippen LogP contribution in [-0.4, -0.2) is 49.1 Å². The van der Waals surface area contributed by atoms with Crippen molar-refractivity contribution in [3.05, 3.63) is 35.7 Å². The Kier molecular flexibility index (Phi) is 3.16. The van der Waals surface area contributed by atoms with Gasteiger partial charge in [0.25, 0.3) is 0 Å². The normalized spacial score (nSPS) is 25.4. The fraction of sp³-hybridized carbons (Fsp3) is 0.571. The molecule has 21 heavy (non-hydrogen) atoms. The molecule has 1 fully saturated rings. The molecule has 110 valence electrons. The second-order valence-electron chi connectivity index (χ2n) is 5.75. The second kappa shape index (κ2) is 5.16. The average molecular weight is 286 g/mol. The Morgan fingerprint density at radius 1 is 1.29 bits per heavy atom. The molecule has 0 N–H and O–H groups in total. The highest BCUT2D eigenvalue weighted by molar-refractivity contribution is 5.06. The summed E-state index contributed by atoms with van der Waals surface area (Å²) in [6.07, 6.45) is 6.89. The quantitative estimate of drug-likeness (QED) is 0.810. The van der Waals surface area contributed by atoms with E-state index < -0.39 is 0 Å². The Labute approximate surface area is 123 Å². The van der Waals surface area contributed by atoms with Crippen LogP contribution in [0.5, 0.6) is 0 Å². The van der Waals surface area contributed by atoms with Gasteiger partial charge in [0.05, 0.1) is 30.6 Å². The van der Waals surface area contributed by atoms with Crippen LogP contribution in [0.3, 0.4) is 0 Å². The molecule has 0 spiro atoms. The molecule has 4 rings (SSSR count). The highest BCUT2D eigenvalue weighted by Crippen LogP contribution is 2.30. The molecule has 0 aliphatic carbocycles. The number of hydrogen-bond acceptors (Lipinski definition) is 6. The van der Waals surface area contributed by atoms with Gasteiger partial charge in [0.15, 0.2) is 0 Å². The number of aryl methyl sites for hydroxylation is 1. The lowest BCUT2D eigenvalue weighted by molar-refractivity contribution is -0.0670. The van der Waals surface area contributed by atoms with E-state index in [9.17, 15) is 0 Å². The number of ether oxygens (including phenoxy) is 1. The molecular formula is C14H18N6O. The van der Waals surface area contributed by atoms with Gasteiger partial charge in [-0.15, -0.1) is 5.10 Å². The smallest absolute Gasteiger partial charge is 0.125 e. The second-order valence-corrected chi connectivity index (χ2v) is 5.75. The van der Waals surface area contributed by atoms with Crippen molar-refractivity contribution in [3.8, 4) is 0 Å². The molecular weight excluding hydrogens is 268 g/mol. The van der Waals surface area contributed by atoms with Crippen molar-refractivity contribution in [2.24, 2.45) is 0 Å². The number of likely N-dealkylation sites (tertiary alicyclic amines) is 1. The molecule has 0 aromatic carbocycles. The van der Waals surface area contributed by atoms with Gasteiger partial charge in [-0.1, -0.05) is 5.21 Å². The molecule has 0 amide bonds. The van der Waals surface area contributed by atoms with Crippen LogP contribution in [0.2, 0.25) is 0 Å². The predicted molar refractivity (Wildman–Crippen MR) is 74.3 cm³/mol. The lowest BCUT2D eigenvalue weighted by Crippen LogP contribution is -2.47. The van der Waals surface area contributed by atoms with Crippen molar-refractivity contribution < 1.29 is 4.74 Å². The fourth-order valence-corrected chi connectivity index (χ4v) is 3.15. The minimum absolute atomic E-state index is 0.254. The monoisotopic (exact) mass is 286 g/mol. The van der Waals surface area contributed by atoms with Crippen LogP contribution in [0, 0.1) is 6.92 Å². The minimum atomic E-state index is 0.254. The summed E-state index contributed by atoms with van der Waals surface area (Å²) in [5.41, 5.74) is 2.21. The third-order valence-electron chi connectivity index (χ3n) is 4.25. The molecule has 7 heteroatoms. The van der Waals surface area contributed by atoms with Crippen LogP contribution in [-0.2, 0) is 17.9 Å². The van der Waals surface area contributed by atoms with Crippen LogP contribution in [0.4, 0.5) is 0 Å². The highest BCUT2D eigenvalue weighted by Gasteiger charge is 2.36. The number of fused-ring (bicyclic) bond motifs is 3. The zero-order chi connectivity index (χ0) is 14.2. The van der Waals surface area contributed by atoms with Gasteiger partial charge in [-0.25, -0.2) is 14.6 Å². The lowest BCUT2D eigenvalue weighted by atomic mass is 10.00. The van der Waals surface area contributed by atoms with Crippen molar-refractivity contribution in [1.82, 2.24) is 29.9 Å². The molecule has 0 unspecified atom stereocenters. The molecule has 0 saturated carbocycles. The Hall–Kier alpha value is -1.86. The minimum Gasteiger partial charge on any atom is -0.370 e. The van der Waals surface area contributed by atoms with E-state index in [2.05, 4.69) is 25.2 Å². The summed E-state index contributed by atoms with van der Waals surface area (Å²) in [5.74, 6) is 0.811. The van der Waals surface area contributed by atoms with Crippen molar-refractivity contribution in [2.75, 3.05) is 13.1 Å². The van der Waals surface area contributed by atoms with Crippen LogP contribution in [0.15, 0.2) is 18.6 Å². The van der Waals surface area contributed by atoms with Gasteiger partial charge >= 0.3 is 0 Å². The SMILES string of the molecule is Cc1ncc(CN2CC[C@@H]3OCc4cnnn4[C@@H]3C2)cn1. The van der Waals surface area contributed by atoms with Crippen LogP contribution < -0.4 is 0 Å². The number of piperidine rings is 1. The van der Waals surface area contributed by atoms with Crippen LogP contribution >= 0.6 is 0 Å². The summed E-state index contributed by atoms with van der Waals surface area (Å²) in [6, 6.07) is 0.261. The number of hydrogen-bond donors (Lipinski definition) is 0. The van der Waals surface area contributed by atoms with E-state index in [1.54, 1.807) is 6.20 Å². The first-order valence-corrected chi connectivity index (χ1v) is 7.30. The van der Waals surface area contributed by atoms with Crippen molar-refractivity contribution >= 4 is 0 Å². The molecule has 0 bridgehead atoms. The zero-order valence-corrected chi connectivity index (χ0v) is 12.0. The van der Waals surface area contributed by atoms with Crippen molar-refractivity contribution in [3.63, 3.8) is 0 Å². The molecule has 2 aromatic heterocycles.